The zero-order valence-corrected chi connectivity index (χ0v) is 17.7. The maximum atomic E-state index is 9.91. The van der Waals surface area contributed by atoms with Crippen LogP contribution >= 0.6 is 11.3 Å². The monoisotopic (exact) mass is 418 g/mol. The highest BCUT2D eigenvalue weighted by molar-refractivity contribution is 7.19. The molecule has 0 radical (unpaired) electrons. The van der Waals surface area contributed by atoms with E-state index in [0.717, 1.165) is 32.7 Å². The lowest BCUT2D eigenvalue weighted by Gasteiger charge is -2.01. The maximum Gasteiger partial charge on any atom is 0.135 e. The number of hydrogen-bond donors (Lipinski definition) is 0. The summed E-state index contributed by atoms with van der Waals surface area (Å²) in [7, 11) is 0. The van der Waals surface area contributed by atoms with Gasteiger partial charge in [-0.15, -0.1) is 11.3 Å². The summed E-state index contributed by atoms with van der Waals surface area (Å²) in [5.74, 6) is 0. The summed E-state index contributed by atoms with van der Waals surface area (Å²) in [5.41, 5.74) is 6.31. The van der Waals surface area contributed by atoms with E-state index in [1.54, 1.807) is 0 Å². The van der Waals surface area contributed by atoms with Crippen LogP contribution in [-0.4, -0.2) is 14.8 Å². The van der Waals surface area contributed by atoms with E-state index < -0.39 is 0 Å². The van der Waals surface area contributed by atoms with E-state index >= 15 is 0 Å². The van der Waals surface area contributed by atoms with Gasteiger partial charge in [-0.25, -0.2) is 9.67 Å². The Labute approximate surface area is 184 Å². The molecule has 2 heterocycles. The van der Waals surface area contributed by atoms with Gasteiger partial charge in [-0.2, -0.15) is 10.4 Å². The Morgan fingerprint density at radius 1 is 0.968 bits per heavy atom. The molecular formula is C26H18N4S. The zero-order valence-electron chi connectivity index (χ0n) is 16.9. The number of para-hydroxylation sites is 2. The Morgan fingerprint density at radius 3 is 2.45 bits per heavy atom. The van der Waals surface area contributed by atoms with Crippen LogP contribution in [0.3, 0.4) is 0 Å². The molecule has 0 aliphatic rings. The molecule has 5 rings (SSSR count). The summed E-state index contributed by atoms with van der Waals surface area (Å²) >= 11 is 1.53. The molecule has 0 unspecified atom stereocenters. The Kier molecular flexibility index (Phi) is 4.91. The minimum Gasteiger partial charge on any atom is -0.240 e. The molecule has 0 atom stereocenters. The van der Waals surface area contributed by atoms with Crippen LogP contribution in [0, 0.1) is 18.3 Å². The van der Waals surface area contributed by atoms with Crippen LogP contribution < -0.4 is 0 Å². The van der Waals surface area contributed by atoms with E-state index in [1.807, 2.05) is 71.6 Å². The molecule has 5 heteroatoms. The van der Waals surface area contributed by atoms with Gasteiger partial charge in [0.1, 0.15) is 11.1 Å². The summed E-state index contributed by atoms with van der Waals surface area (Å²) in [4.78, 5) is 4.66. The van der Waals surface area contributed by atoms with Crippen LogP contribution in [-0.2, 0) is 0 Å². The van der Waals surface area contributed by atoms with Crippen LogP contribution in [0.25, 0.3) is 38.8 Å². The standard InChI is InChI=1S/C26H18N4S/c1-18-11-13-19(14-12-18)25-21(17-30(29-25)22-7-3-2-4-8-22)15-20(16-27)26-28-23-9-5-6-10-24(23)31-26/h2-15,17H,1H3. The number of rotatable bonds is 4. The number of thiazole rings is 1. The van der Waals surface area contributed by atoms with Gasteiger partial charge in [-0.1, -0.05) is 60.2 Å². The molecule has 31 heavy (non-hydrogen) atoms. The molecule has 4 nitrogen and oxygen atoms in total. The predicted octanol–water partition coefficient (Wildman–Crippen LogP) is 6.52. The number of aromatic nitrogens is 3. The highest BCUT2D eigenvalue weighted by Crippen LogP contribution is 2.31. The van der Waals surface area contributed by atoms with Gasteiger partial charge >= 0.3 is 0 Å². The molecule has 3 aromatic carbocycles. The molecular weight excluding hydrogens is 400 g/mol. The third kappa shape index (κ3) is 3.77. The fourth-order valence-electron chi connectivity index (χ4n) is 3.43. The first-order valence-corrected chi connectivity index (χ1v) is 10.7. The quantitative estimate of drug-likeness (QED) is 0.312. The second kappa shape index (κ2) is 8.02. The van der Waals surface area contributed by atoms with Crippen LogP contribution in [0.5, 0.6) is 0 Å². The van der Waals surface area contributed by atoms with E-state index in [1.165, 1.54) is 16.9 Å². The highest BCUT2D eigenvalue weighted by Gasteiger charge is 2.14. The van der Waals surface area contributed by atoms with Crippen molar-refractivity contribution >= 4 is 33.2 Å². The predicted molar refractivity (Wildman–Crippen MR) is 127 cm³/mol. The fourth-order valence-corrected chi connectivity index (χ4v) is 4.36. The Hall–Kier alpha value is -4.01. The van der Waals surface area contributed by atoms with Gasteiger partial charge in [0.2, 0.25) is 0 Å². The van der Waals surface area contributed by atoms with Crippen LogP contribution in [0.2, 0.25) is 0 Å². The van der Waals surface area contributed by atoms with E-state index in [-0.39, 0.29) is 0 Å². The SMILES string of the molecule is Cc1ccc(-c2nn(-c3ccccc3)cc2C=C(C#N)c2nc3ccccc3s2)cc1. The molecule has 0 saturated carbocycles. The maximum absolute atomic E-state index is 9.91. The van der Waals surface area contributed by atoms with Crippen molar-refractivity contribution in [3.8, 4) is 23.0 Å². The molecule has 0 saturated heterocycles. The number of aryl methyl sites for hydroxylation is 1. The van der Waals surface area contributed by atoms with Crippen molar-refractivity contribution in [2.24, 2.45) is 0 Å². The van der Waals surface area contributed by atoms with Gasteiger partial charge in [0.05, 0.1) is 27.2 Å². The summed E-state index contributed by atoms with van der Waals surface area (Å²) < 4.78 is 2.92. The molecule has 0 N–H and O–H groups in total. The lowest BCUT2D eigenvalue weighted by molar-refractivity contribution is 0.884. The second-order valence-electron chi connectivity index (χ2n) is 7.24. The number of fused-ring (bicyclic) bond motifs is 1. The first kappa shape index (κ1) is 19.0. The van der Waals surface area contributed by atoms with Crippen molar-refractivity contribution in [1.82, 2.24) is 14.8 Å². The average Bonchev–Trinajstić information content (AvgIpc) is 3.43. The summed E-state index contributed by atoms with van der Waals surface area (Å²) in [6, 6.07) is 28.5. The van der Waals surface area contributed by atoms with Gasteiger partial charge in [0.25, 0.3) is 0 Å². The molecule has 0 bridgehead atoms. The normalized spacial score (nSPS) is 11.5. The number of nitriles is 1. The fraction of sp³-hybridized carbons (Fsp3) is 0.0385. The number of nitrogens with zero attached hydrogens (tertiary/aromatic N) is 4. The third-order valence-corrected chi connectivity index (χ3v) is 6.10. The highest BCUT2D eigenvalue weighted by atomic mass is 32.1. The van der Waals surface area contributed by atoms with Crippen molar-refractivity contribution in [2.45, 2.75) is 6.92 Å². The van der Waals surface area contributed by atoms with Crippen LogP contribution in [0.15, 0.2) is 85.1 Å². The lowest BCUT2D eigenvalue weighted by Crippen LogP contribution is -1.93. The van der Waals surface area contributed by atoms with Gasteiger partial charge in [0, 0.05) is 17.3 Å². The van der Waals surface area contributed by atoms with E-state index in [4.69, 9.17) is 5.10 Å². The molecule has 0 fully saturated rings. The number of benzene rings is 3. The van der Waals surface area contributed by atoms with Crippen LogP contribution in [0.1, 0.15) is 16.1 Å². The first-order valence-electron chi connectivity index (χ1n) is 9.91. The van der Waals surface area contributed by atoms with E-state index in [0.29, 0.717) is 10.6 Å². The van der Waals surface area contributed by atoms with Crippen LogP contribution in [0.4, 0.5) is 0 Å². The van der Waals surface area contributed by atoms with Gasteiger partial charge in [0.15, 0.2) is 0 Å². The lowest BCUT2D eigenvalue weighted by atomic mass is 10.0. The molecule has 148 valence electrons. The van der Waals surface area contributed by atoms with Crippen molar-refractivity contribution in [1.29, 1.82) is 5.26 Å². The summed E-state index contributed by atoms with van der Waals surface area (Å²) in [6.45, 7) is 2.06. The number of allylic oxidation sites excluding steroid dienone is 1. The second-order valence-corrected chi connectivity index (χ2v) is 8.27. The summed E-state index contributed by atoms with van der Waals surface area (Å²) in [5, 5.41) is 15.5. The average molecular weight is 419 g/mol. The molecule has 0 aliphatic heterocycles. The molecule has 2 aromatic heterocycles. The van der Waals surface area contributed by atoms with Crippen molar-refractivity contribution in [2.75, 3.05) is 0 Å². The number of hydrogen-bond acceptors (Lipinski definition) is 4. The van der Waals surface area contributed by atoms with Crippen molar-refractivity contribution in [3.63, 3.8) is 0 Å². The zero-order chi connectivity index (χ0) is 21.2. The summed E-state index contributed by atoms with van der Waals surface area (Å²) in [6.07, 6.45) is 3.86. The first-order chi connectivity index (χ1) is 15.2. The van der Waals surface area contributed by atoms with Crippen molar-refractivity contribution in [3.05, 3.63) is 101 Å². The van der Waals surface area contributed by atoms with Gasteiger partial charge in [-0.3, -0.25) is 0 Å². The van der Waals surface area contributed by atoms with Gasteiger partial charge in [-0.05, 0) is 37.3 Å². The largest absolute Gasteiger partial charge is 0.240 e. The molecule has 5 aromatic rings. The molecule has 0 amide bonds. The third-order valence-electron chi connectivity index (χ3n) is 5.03. The van der Waals surface area contributed by atoms with E-state index in [9.17, 15) is 5.26 Å². The van der Waals surface area contributed by atoms with E-state index in [2.05, 4.69) is 42.2 Å². The minimum absolute atomic E-state index is 0.530. The molecule has 0 spiro atoms. The Morgan fingerprint density at radius 2 is 1.71 bits per heavy atom. The topological polar surface area (TPSA) is 54.5 Å². The minimum atomic E-state index is 0.530. The molecule has 0 aliphatic carbocycles. The Balaban J connectivity index is 1.66. The smallest absolute Gasteiger partial charge is 0.135 e. The van der Waals surface area contributed by atoms with Gasteiger partial charge < -0.3 is 0 Å². The van der Waals surface area contributed by atoms with Crippen molar-refractivity contribution < 1.29 is 0 Å². The Bertz CT molecular complexity index is 1400.